The Morgan fingerprint density at radius 2 is 1.65 bits per heavy atom. The summed E-state index contributed by atoms with van der Waals surface area (Å²) in [6, 6.07) is 25.4. The third kappa shape index (κ3) is 5.49. The van der Waals surface area contributed by atoms with E-state index in [0.717, 1.165) is 35.5 Å². The fraction of sp³-hybridized carbons (Fsp3) is 0.172. The van der Waals surface area contributed by atoms with Crippen LogP contribution >= 0.6 is 0 Å². The van der Waals surface area contributed by atoms with Gasteiger partial charge in [-0.1, -0.05) is 66.7 Å². The van der Waals surface area contributed by atoms with Crippen molar-refractivity contribution < 1.29 is 9.53 Å². The summed E-state index contributed by atoms with van der Waals surface area (Å²) < 4.78 is 5.48. The number of allylic oxidation sites excluding steroid dienone is 2. The maximum Gasteiger partial charge on any atom is 0.269 e. The van der Waals surface area contributed by atoms with Crippen molar-refractivity contribution in [3.8, 4) is 0 Å². The molecule has 3 aromatic rings. The predicted octanol–water partition coefficient (Wildman–Crippen LogP) is 3.03. The van der Waals surface area contributed by atoms with E-state index in [1.165, 1.54) is 0 Å². The lowest BCUT2D eigenvalue weighted by Gasteiger charge is -2.30. The molecule has 8 heteroatoms. The van der Waals surface area contributed by atoms with Crippen molar-refractivity contribution in [2.75, 3.05) is 36.5 Å². The monoisotopic (exact) mass is 494 g/mol. The van der Waals surface area contributed by atoms with Crippen LogP contribution in [0.25, 0.3) is 5.70 Å². The van der Waals surface area contributed by atoms with Crippen molar-refractivity contribution in [3.05, 3.63) is 114 Å². The number of anilines is 2. The van der Waals surface area contributed by atoms with Crippen LogP contribution in [0.3, 0.4) is 0 Å². The van der Waals surface area contributed by atoms with E-state index in [4.69, 9.17) is 21.2 Å². The van der Waals surface area contributed by atoms with Gasteiger partial charge in [-0.3, -0.25) is 4.79 Å². The minimum Gasteiger partial charge on any atom is -0.398 e. The minimum absolute atomic E-state index is 0.272. The van der Waals surface area contributed by atoms with Crippen molar-refractivity contribution in [2.24, 2.45) is 16.5 Å². The molecule has 188 valence electrons. The molecule has 37 heavy (non-hydrogen) atoms. The molecule has 1 saturated heterocycles. The number of ether oxygens (including phenoxy) is 1. The number of carbonyl (C=O) groups excluding carboxylic acids is 1. The molecule has 0 saturated carbocycles. The fourth-order valence-corrected chi connectivity index (χ4v) is 4.45. The van der Waals surface area contributed by atoms with E-state index in [1.54, 1.807) is 12.2 Å². The van der Waals surface area contributed by atoms with E-state index in [0.29, 0.717) is 30.3 Å². The second-order valence-corrected chi connectivity index (χ2v) is 8.79. The van der Waals surface area contributed by atoms with Gasteiger partial charge in [0.15, 0.2) is 0 Å². The Balaban J connectivity index is 1.40. The normalized spacial score (nSPS) is 18.4. The van der Waals surface area contributed by atoms with E-state index < -0.39 is 6.17 Å². The number of carbonyl (C=O) groups is 1. The van der Waals surface area contributed by atoms with Crippen LogP contribution in [0, 0.1) is 0 Å². The van der Waals surface area contributed by atoms with Crippen LogP contribution in [0.15, 0.2) is 102 Å². The highest BCUT2D eigenvalue weighted by molar-refractivity contribution is 6.19. The molecule has 1 unspecified atom stereocenters. The molecule has 2 heterocycles. The second kappa shape index (κ2) is 11.0. The molecule has 8 nitrogen and oxygen atoms in total. The summed E-state index contributed by atoms with van der Waals surface area (Å²) in [5, 5.41) is 6.00. The van der Waals surface area contributed by atoms with E-state index in [1.807, 2.05) is 72.8 Å². The molecule has 0 aromatic heterocycles. The zero-order valence-electron chi connectivity index (χ0n) is 20.4. The number of nitrogens with one attached hydrogen (secondary N) is 2. The van der Waals surface area contributed by atoms with Crippen LogP contribution in [0.5, 0.6) is 0 Å². The average Bonchev–Trinajstić information content (AvgIpc) is 3.08. The first kappa shape index (κ1) is 24.1. The first-order chi connectivity index (χ1) is 18.1. The van der Waals surface area contributed by atoms with Gasteiger partial charge in [-0.15, -0.1) is 0 Å². The average molecular weight is 495 g/mol. The second-order valence-electron chi connectivity index (χ2n) is 8.79. The zero-order chi connectivity index (χ0) is 25.6. The van der Waals surface area contributed by atoms with Crippen LogP contribution in [-0.2, 0) is 9.53 Å². The van der Waals surface area contributed by atoms with Crippen LogP contribution in [0.1, 0.15) is 16.7 Å². The molecule has 0 radical (unpaired) electrons. The first-order valence-corrected chi connectivity index (χ1v) is 12.3. The number of aliphatic imine (C=N–C) groups is 1. The molecule has 2 aliphatic heterocycles. The lowest BCUT2D eigenvalue weighted by atomic mass is 10.0. The Kier molecular flexibility index (Phi) is 7.19. The molecule has 6 N–H and O–H groups in total. The first-order valence-electron chi connectivity index (χ1n) is 12.3. The van der Waals surface area contributed by atoms with Crippen molar-refractivity contribution in [3.63, 3.8) is 0 Å². The lowest BCUT2D eigenvalue weighted by molar-refractivity contribution is -0.117. The summed E-state index contributed by atoms with van der Waals surface area (Å²) in [5.41, 5.74) is 18.4. The minimum atomic E-state index is -0.922. The van der Waals surface area contributed by atoms with Crippen molar-refractivity contribution in [1.29, 1.82) is 0 Å². The largest absolute Gasteiger partial charge is 0.398 e. The van der Waals surface area contributed by atoms with E-state index in [9.17, 15) is 4.79 Å². The number of morpholine rings is 1. The molecule has 1 fully saturated rings. The molecule has 2 aliphatic rings. The van der Waals surface area contributed by atoms with Gasteiger partial charge in [0, 0.05) is 41.2 Å². The van der Waals surface area contributed by atoms with E-state index >= 15 is 0 Å². The third-order valence-corrected chi connectivity index (χ3v) is 6.31. The standard InChI is InChI=1S/C29H30N6O2/c30-23(21-10-5-7-13-25(21)35-16-18-37-19-17-35)14-15-26(31)33-28-29(36)32-24-12-6-4-11-22(24)27(34-28)20-8-2-1-3-9-20/h1-15,28,33H,16-19,30-31H2,(H,32,36)/b23-14-,26-15+. The van der Waals surface area contributed by atoms with Gasteiger partial charge in [0.2, 0.25) is 6.17 Å². The summed E-state index contributed by atoms with van der Waals surface area (Å²) in [6.45, 7) is 3.00. The third-order valence-electron chi connectivity index (χ3n) is 6.31. The molecule has 0 spiro atoms. The van der Waals surface area contributed by atoms with Crippen molar-refractivity contribution in [2.45, 2.75) is 6.17 Å². The van der Waals surface area contributed by atoms with Crippen LogP contribution < -0.4 is 27.0 Å². The van der Waals surface area contributed by atoms with Crippen molar-refractivity contribution in [1.82, 2.24) is 5.32 Å². The summed E-state index contributed by atoms with van der Waals surface area (Å²) in [7, 11) is 0. The molecular weight excluding hydrogens is 464 g/mol. The Hall–Kier alpha value is -4.56. The highest BCUT2D eigenvalue weighted by Gasteiger charge is 2.25. The lowest BCUT2D eigenvalue weighted by Crippen LogP contribution is -2.40. The van der Waals surface area contributed by atoms with Crippen LogP contribution in [-0.4, -0.2) is 44.1 Å². The number of para-hydroxylation sites is 2. The van der Waals surface area contributed by atoms with Crippen LogP contribution in [0.2, 0.25) is 0 Å². The Labute approximate surface area is 216 Å². The number of hydrogen-bond acceptors (Lipinski definition) is 7. The number of fused-ring (bicyclic) bond motifs is 1. The van der Waals surface area contributed by atoms with Gasteiger partial charge >= 0.3 is 0 Å². The number of nitrogens with zero attached hydrogens (tertiary/aromatic N) is 2. The Bertz CT molecular complexity index is 1360. The number of nitrogens with two attached hydrogens (primary N) is 2. The smallest absolute Gasteiger partial charge is 0.269 e. The Morgan fingerprint density at radius 3 is 2.46 bits per heavy atom. The molecule has 3 aromatic carbocycles. The summed E-state index contributed by atoms with van der Waals surface area (Å²) in [6.07, 6.45) is 2.48. The maximum atomic E-state index is 13.0. The molecule has 5 rings (SSSR count). The van der Waals surface area contributed by atoms with Gasteiger partial charge in [-0.25, -0.2) is 4.99 Å². The zero-order valence-corrected chi connectivity index (χ0v) is 20.4. The van der Waals surface area contributed by atoms with Gasteiger partial charge in [0.05, 0.1) is 30.4 Å². The molecule has 0 bridgehead atoms. The predicted molar refractivity (Wildman–Crippen MR) is 148 cm³/mol. The number of benzodiazepines with no additional fused rings is 1. The summed E-state index contributed by atoms with van der Waals surface area (Å²) in [4.78, 5) is 20.1. The van der Waals surface area contributed by atoms with E-state index in [-0.39, 0.29) is 11.7 Å². The topological polar surface area (TPSA) is 118 Å². The number of benzene rings is 3. The highest BCUT2D eigenvalue weighted by Crippen LogP contribution is 2.26. The van der Waals surface area contributed by atoms with Crippen molar-refractivity contribution >= 4 is 28.7 Å². The van der Waals surface area contributed by atoms with Gasteiger partial charge in [0.1, 0.15) is 0 Å². The van der Waals surface area contributed by atoms with Crippen LogP contribution in [0.4, 0.5) is 11.4 Å². The number of rotatable bonds is 6. The number of hydrogen-bond donors (Lipinski definition) is 4. The molecule has 0 aliphatic carbocycles. The van der Waals surface area contributed by atoms with Gasteiger partial charge in [-0.05, 0) is 24.3 Å². The van der Waals surface area contributed by atoms with Gasteiger partial charge in [-0.2, -0.15) is 0 Å². The summed E-state index contributed by atoms with van der Waals surface area (Å²) in [5.74, 6) is -0.0292. The van der Waals surface area contributed by atoms with E-state index in [2.05, 4.69) is 21.6 Å². The SMILES string of the molecule is N/C(=C\C=C(/N)NC1N=C(c2ccccc2)c2ccccc2NC1=O)c1ccccc1N1CCOCC1. The van der Waals surface area contributed by atoms with Gasteiger partial charge in [0.25, 0.3) is 5.91 Å². The molecular formula is C29H30N6O2. The molecule has 1 atom stereocenters. The Morgan fingerprint density at radius 1 is 0.946 bits per heavy atom. The maximum absolute atomic E-state index is 13.0. The number of amides is 1. The summed E-state index contributed by atoms with van der Waals surface area (Å²) >= 11 is 0. The fourth-order valence-electron chi connectivity index (χ4n) is 4.45. The quantitative estimate of drug-likeness (QED) is 0.391. The highest BCUT2D eigenvalue weighted by atomic mass is 16.5. The molecule has 1 amide bonds. The van der Waals surface area contributed by atoms with Gasteiger partial charge < -0.3 is 31.7 Å².